The molecule has 1 aliphatic heterocycles. The first kappa shape index (κ1) is 13.4. The summed E-state index contributed by atoms with van der Waals surface area (Å²) in [5.41, 5.74) is 1.07. The Hall–Kier alpha value is -1.02. The lowest BCUT2D eigenvalue weighted by Crippen LogP contribution is -2.39. The molecule has 18 heavy (non-hydrogen) atoms. The number of hydrogen-bond acceptors (Lipinski definition) is 1. The van der Waals surface area contributed by atoms with Crippen LogP contribution in [0.1, 0.15) is 39.2 Å². The van der Waals surface area contributed by atoms with E-state index in [1.165, 1.54) is 5.56 Å². The molecule has 1 aromatic rings. The Balaban J connectivity index is 2.31. The summed E-state index contributed by atoms with van der Waals surface area (Å²) in [7, 11) is 0. The van der Waals surface area contributed by atoms with E-state index in [9.17, 15) is 4.79 Å². The van der Waals surface area contributed by atoms with Crippen LogP contribution in [0.15, 0.2) is 24.3 Å². The zero-order valence-electron chi connectivity index (χ0n) is 11.2. The van der Waals surface area contributed by atoms with Crippen molar-refractivity contribution in [3.05, 3.63) is 34.9 Å². The lowest BCUT2D eigenvalue weighted by molar-refractivity contribution is -0.119. The van der Waals surface area contributed by atoms with E-state index in [4.69, 9.17) is 11.6 Å². The average Bonchev–Trinajstić information content (AvgIpc) is 2.54. The third-order valence-electron chi connectivity index (χ3n) is 3.84. The van der Waals surface area contributed by atoms with Gasteiger partial charge in [-0.05, 0) is 30.0 Å². The molecule has 1 aromatic carbocycles. The van der Waals surface area contributed by atoms with Gasteiger partial charge in [-0.2, -0.15) is 0 Å². The van der Waals surface area contributed by atoms with E-state index in [2.05, 4.69) is 26.1 Å². The van der Waals surface area contributed by atoms with Crippen LogP contribution in [0.3, 0.4) is 0 Å². The van der Waals surface area contributed by atoms with Crippen LogP contribution in [-0.4, -0.2) is 11.9 Å². The Bertz CT molecular complexity index is 440. The molecule has 1 N–H and O–H groups in total. The molecular weight excluding hydrogens is 246 g/mol. The number of nitrogens with one attached hydrogen (secondary N) is 1. The highest BCUT2D eigenvalue weighted by Crippen LogP contribution is 2.38. The molecule has 0 radical (unpaired) electrons. The monoisotopic (exact) mass is 265 g/mol. The summed E-state index contributed by atoms with van der Waals surface area (Å²) in [4.78, 5) is 11.8. The molecular formula is C15H20ClNO. The van der Waals surface area contributed by atoms with Crippen molar-refractivity contribution in [2.45, 2.75) is 45.1 Å². The van der Waals surface area contributed by atoms with Crippen molar-refractivity contribution < 1.29 is 4.79 Å². The van der Waals surface area contributed by atoms with E-state index in [1.54, 1.807) is 0 Å². The summed E-state index contributed by atoms with van der Waals surface area (Å²) in [6.45, 7) is 6.54. The van der Waals surface area contributed by atoms with Crippen LogP contribution in [0.2, 0.25) is 5.02 Å². The van der Waals surface area contributed by atoms with Gasteiger partial charge in [0.2, 0.25) is 5.91 Å². The fraction of sp³-hybridized carbons (Fsp3) is 0.533. The second-order valence-electron chi connectivity index (χ2n) is 5.85. The van der Waals surface area contributed by atoms with Gasteiger partial charge in [0.25, 0.3) is 0 Å². The highest BCUT2D eigenvalue weighted by molar-refractivity contribution is 6.30. The van der Waals surface area contributed by atoms with E-state index in [-0.39, 0.29) is 17.4 Å². The van der Waals surface area contributed by atoms with E-state index in [1.807, 2.05) is 24.3 Å². The molecule has 0 aromatic heterocycles. The molecule has 1 saturated heterocycles. The predicted molar refractivity (Wildman–Crippen MR) is 74.8 cm³/mol. The molecule has 2 rings (SSSR count). The lowest BCUT2D eigenvalue weighted by atomic mass is 9.73. The van der Waals surface area contributed by atoms with Crippen LogP contribution in [0, 0.1) is 5.92 Å². The van der Waals surface area contributed by atoms with Crippen molar-refractivity contribution in [3.63, 3.8) is 0 Å². The Morgan fingerprint density at radius 2 is 2.00 bits per heavy atom. The Labute approximate surface area is 114 Å². The van der Waals surface area contributed by atoms with E-state index < -0.39 is 0 Å². The van der Waals surface area contributed by atoms with Gasteiger partial charge in [-0.15, -0.1) is 0 Å². The number of benzene rings is 1. The molecule has 1 heterocycles. The van der Waals surface area contributed by atoms with Crippen molar-refractivity contribution in [1.82, 2.24) is 5.32 Å². The minimum atomic E-state index is -0.119. The zero-order valence-corrected chi connectivity index (χ0v) is 11.9. The summed E-state index contributed by atoms with van der Waals surface area (Å²) in [5, 5.41) is 3.85. The van der Waals surface area contributed by atoms with Crippen molar-refractivity contribution in [2.24, 2.45) is 5.92 Å². The maximum absolute atomic E-state index is 11.8. The van der Waals surface area contributed by atoms with Gasteiger partial charge in [0.05, 0.1) is 0 Å². The Morgan fingerprint density at radius 1 is 1.39 bits per heavy atom. The van der Waals surface area contributed by atoms with E-state index in [0.29, 0.717) is 12.3 Å². The number of rotatable bonds is 3. The molecule has 0 bridgehead atoms. The topological polar surface area (TPSA) is 29.1 Å². The number of amides is 1. The number of hydrogen-bond donors (Lipinski definition) is 1. The van der Waals surface area contributed by atoms with Crippen LogP contribution in [-0.2, 0) is 10.2 Å². The van der Waals surface area contributed by atoms with Crippen LogP contribution < -0.4 is 5.32 Å². The minimum absolute atomic E-state index is 0.119. The first-order chi connectivity index (χ1) is 8.41. The first-order valence-electron chi connectivity index (χ1n) is 6.47. The molecule has 0 spiro atoms. The molecule has 2 unspecified atom stereocenters. The summed E-state index contributed by atoms with van der Waals surface area (Å²) < 4.78 is 0. The fourth-order valence-electron chi connectivity index (χ4n) is 2.79. The summed E-state index contributed by atoms with van der Waals surface area (Å²) in [6.07, 6.45) is 1.57. The second kappa shape index (κ2) is 4.93. The molecule has 2 atom stereocenters. The van der Waals surface area contributed by atoms with Gasteiger partial charge in [-0.3, -0.25) is 4.79 Å². The van der Waals surface area contributed by atoms with Gasteiger partial charge >= 0.3 is 0 Å². The molecule has 3 heteroatoms. The molecule has 0 aliphatic carbocycles. The maximum atomic E-state index is 11.8. The number of carbonyl (C=O) groups excluding carboxylic acids is 1. The average molecular weight is 266 g/mol. The van der Waals surface area contributed by atoms with Crippen LogP contribution in [0.4, 0.5) is 0 Å². The molecule has 98 valence electrons. The van der Waals surface area contributed by atoms with E-state index in [0.717, 1.165) is 11.4 Å². The third kappa shape index (κ3) is 2.54. The van der Waals surface area contributed by atoms with Crippen LogP contribution in [0.25, 0.3) is 0 Å². The number of halogens is 1. The minimum Gasteiger partial charge on any atom is -0.352 e. The van der Waals surface area contributed by atoms with Gasteiger partial charge in [-0.25, -0.2) is 0 Å². The standard InChI is InChI=1S/C15H20ClNO/c1-10(2)8-13-15(3,9-14(18)17-13)11-4-6-12(16)7-5-11/h4-7,10,13H,8-9H2,1-3H3,(H,17,18). The molecule has 1 aliphatic rings. The molecule has 2 nitrogen and oxygen atoms in total. The summed E-state index contributed by atoms with van der Waals surface area (Å²) >= 11 is 5.93. The van der Waals surface area contributed by atoms with E-state index >= 15 is 0 Å². The zero-order chi connectivity index (χ0) is 13.3. The summed E-state index contributed by atoms with van der Waals surface area (Å²) in [6, 6.07) is 8.09. The van der Waals surface area contributed by atoms with Crippen molar-refractivity contribution in [1.29, 1.82) is 0 Å². The smallest absolute Gasteiger partial charge is 0.221 e. The Morgan fingerprint density at radius 3 is 2.56 bits per heavy atom. The highest BCUT2D eigenvalue weighted by Gasteiger charge is 2.44. The van der Waals surface area contributed by atoms with Crippen molar-refractivity contribution in [2.75, 3.05) is 0 Å². The second-order valence-corrected chi connectivity index (χ2v) is 6.29. The van der Waals surface area contributed by atoms with Gasteiger partial charge in [0.15, 0.2) is 0 Å². The first-order valence-corrected chi connectivity index (χ1v) is 6.85. The molecule has 0 saturated carbocycles. The fourth-order valence-corrected chi connectivity index (χ4v) is 2.91. The molecule has 1 fully saturated rings. The normalized spacial score (nSPS) is 27.6. The SMILES string of the molecule is CC(C)CC1NC(=O)CC1(C)c1ccc(Cl)cc1. The van der Waals surface area contributed by atoms with Crippen LogP contribution >= 0.6 is 11.6 Å². The van der Waals surface area contributed by atoms with Crippen molar-refractivity contribution >= 4 is 17.5 Å². The van der Waals surface area contributed by atoms with Gasteiger partial charge in [0, 0.05) is 22.9 Å². The van der Waals surface area contributed by atoms with Gasteiger partial charge in [0.1, 0.15) is 0 Å². The largest absolute Gasteiger partial charge is 0.352 e. The van der Waals surface area contributed by atoms with Gasteiger partial charge in [-0.1, -0.05) is 44.5 Å². The van der Waals surface area contributed by atoms with Crippen molar-refractivity contribution in [3.8, 4) is 0 Å². The third-order valence-corrected chi connectivity index (χ3v) is 4.09. The lowest BCUT2D eigenvalue weighted by Gasteiger charge is -2.32. The summed E-state index contributed by atoms with van der Waals surface area (Å²) in [5.74, 6) is 0.720. The maximum Gasteiger partial charge on any atom is 0.221 e. The number of carbonyl (C=O) groups is 1. The predicted octanol–water partition coefficient (Wildman–Crippen LogP) is 3.53. The highest BCUT2D eigenvalue weighted by atomic mass is 35.5. The quantitative estimate of drug-likeness (QED) is 0.890. The Kier molecular flexibility index (Phi) is 3.67. The molecule has 1 amide bonds. The van der Waals surface area contributed by atoms with Crippen LogP contribution in [0.5, 0.6) is 0 Å². The van der Waals surface area contributed by atoms with Gasteiger partial charge < -0.3 is 5.32 Å².